The number of amides is 1. The summed E-state index contributed by atoms with van der Waals surface area (Å²) < 4.78 is 7.24. The summed E-state index contributed by atoms with van der Waals surface area (Å²) in [5.41, 5.74) is 2.25. The highest BCUT2D eigenvalue weighted by Crippen LogP contribution is 2.12. The minimum absolute atomic E-state index is 0.0439. The van der Waals surface area contributed by atoms with Crippen LogP contribution in [0.25, 0.3) is 0 Å². The van der Waals surface area contributed by atoms with Gasteiger partial charge in [-0.3, -0.25) is 9.48 Å². The van der Waals surface area contributed by atoms with Crippen LogP contribution in [0.2, 0.25) is 0 Å². The standard InChI is InChI=1S/C16H21N3O2/c1-4-13-5-7-15(8-6-13)21-12-16(20)18(2)10-14-9-17-19(3)11-14/h5-9,11H,4,10,12H2,1-3H3. The highest BCUT2D eigenvalue weighted by atomic mass is 16.5. The zero-order valence-corrected chi connectivity index (χ0v) is 12.7. The number of carbonyl (C=O) groups is 1. The van der Waals surface area contributed by atoms with Crippen molar-refractivity contribution in [3.05, 3.63) is 47.8 Å². The van der Waals surface area contributed by atoms with Gasteiger partial charge in [0, 0.05) is 32.4 Å². The van der Waals surface area contributed by atoms with Crippen molar-refractivity contribution in [2.45, 2.75) is 19.9 Å². The van der Waals surface area contributed by atoms with Gasteiger partial charge >= 0.3 is 0 Å². The molecule has 2 rings (SSSR count). The average Bonchev–Trinajstić information content (AvgIpc) is 2.90. The first kappa shape index (κ1) is 15.1. The Morgan fingerprint density at radius 1 is 1.29 bits per heavy atom. The van der Waals surface area contributed by atoms with Crippen LogP contribution in [0.15, 0.2) is 36.7 Å². The molecule has 21 heavy (non-hydrogen) atoms. The molecule has 1 amide bonds. The molecule has 0 spiro atoms. The molecular formula is C16H21N3O2. The van der Waals surface area contributed by atoms with Crippen molar-refractivity contribution in [1.82, 2.24) is 14.7 Å². The topological polar surface area (TPSA) is 47.4 Å². The summed E-state index contributed by atoms with van der Waals surface area (Å²) in [5, 5.41) is 4.09. The van der Waals surface area contributed by atoms with E-state index in [-0.39, 0.29) is 12.5 Å². The highest BCUT2D eigenvalue weighted by Gasteiger charge is 2.11. The van der Waals surface area contributed by atoms with E-state index in [0.29, 0.717) is 6.54 Å². The Morgan fingerprint density at radius 3 is 2.57 bits per heavy atom. The van der Waals surface area contributed by atoms with Crippen LogP contribution in [0.3, 0.4) is 0 Å². The van der Waals surface area contributed by atoms with E-state index in [1.807, 2.05) is 37.5 Å². The van der Waals surface area contributed by atoms with Crippen LogP contribution in [-0.4, -0.2) is 34.2 Å². The quantitative estimate of drug-likeness (QED) is 0.816. The first-order valence-corrected chi connectivity index (χ1v) is 7.01. The van der Waals surface area contributed by atoms with Gasteiger partial charge in [0.2, 0.25) is 0 Å². The summed E-state index contributed by atoms with van der Waals surface area (Å²) in [4.78, 5) is 13.7. The number of likely N-dealkylation sites (N-methyl/N-ethyl adjacent to an activating group) is 1. The highest BCUT2D eigenvalue weighted by molar-refractivity contribution is 5.77. The van der Waals surface area contributed by atoms with Gasteiger partial charge in [-0.25, -0.2) is 0 Å². The van der Waals surface area contributed by atoms with Crippen molar-refractivity contribution in [2.24, 2.45) is 7.05 Å². The molecule has 0 fully saturated rings. The van der Waals surface area contributed by atoms with Crippen molar-refractivity contribution in [2.75, 3.05) is 13.7 Å². The van der Waals surface area contributed by atoms with Gasteiger partial charge in [0.25, 0.3) is 5.91 Å². The van der Waals surface area contributed by atoms with E-state index in [9.17, 15) is 4.79 Å². The Bertz CT molecular complexity index is 590. The van der Waals surface area contributed by atoms with Gasteiger partial charge in [0.1, 0.15) is 5.75 Å². The van der Waals surface area contributed by atoms with Gasteiger partial charge in [-0.05, 0) is 24.1 Å². The van der Waals surface area contributed by atoms with Crippen LogP contribution in [0.4, 0.5) is 0 Å². The van der Waals surface area contributed by atoms with E-state index >= 15 is 0 Å². The molecule has 0 radical (unpaired) electrons. The maximum absolute atomic E-state index is 12.0. The molecule has 0 atom stereocenters. The molecule has 0 aliphatic rings. The summed E-state index contributed by atoms with van der Waals surface area (Å²) in [6.45, 7) is 2.68. The molecule has 0 aliphatic heterocycles. The van der Waals surface area contributed by atoms with Crippen molar-refractivity contribution in [1.29, 1.82) is 0 Å². The summed E-state index contributed by atoms with van der Waals surface area (Å²) in [6, 6.07) is 7.82. The predicted molar refractivity (Wildman–Crippen MR) is 81.0 cm³/mol. The summed E-state index contributed by atoms with van der Waals surface area (Å²) in [6.07, 6.45) is 4.65. The largest absolute Gasteiger partial charge is 0.484 e. The number of aromatic nitrogens is 2. The maximum atomic E-state index is 12.0. The zero-order chi connectivity index (χ0) is 15.2. The minimum atomic E-state index is -0.0570. The SMILES string of the molecule is CCc1ccc(OCC(=O)N(C)Cc2cnn(C)c2)cc1. The zero-order valence-electron chi connectivity index (χ0n) is 12.7. The number of hydrogen-bond donors (Lipinski definition) is 0. The second-order valence-electron chi connectivity index (χ2n) is 5.06. The number of aryl methyl sites for hydroxylation is 2. The molecule has 0 N–H and O–H groups in total. The Balaban J connectivity index is 1.82. The minimum Gasteiger partial charge on any atom is -0.484 e. The molecule has 112 valence electrons. The first-order valence-electron chi connectivity index (χ1n) is 7.01. The Kier molecular flexibility index (Phi) is 4.98. The van der Waals surface area contributed by atoms with Gasteiger partial charge in [0.05, 0.1) is 6.20 Å². The first-order chi connectivity index (χ1) is 10.1. The molecule has 0 saturated carbocycles. The van der Waals surface area contributed by atoms with Crippen LogP contribution in [-0.2, 0) is 24.8 Å². The number of rotatable bonds is 6. The van der Waals surface area contributed by atoms with Crippen LogP contribution in [0, 0.1) is 0 Å². The molecule has 0 bridgehead atoms. The number of benzene rings is 1. The molecule has 1 heterocycles. The van der Waals surface area contributed by atoms with Gasteiger partial charge in [-0.15, -0.1) is 0 Å². The van der Waals surface area contributed by atoms with E-state index in [1.165, 1.54) is 5.56 Å². The van der Waals surface area contributed by atoms with E-state index in [4.69, 9.17) is 4.74 Å². The van der Waals surface area contributed by atoms with Crippen molar-refractivity contribution < 1.29 is 9.53 Å². The molecule has 0 unspecified atom stereocenters. The van der Waals surface area contributed by atoms with E-state index in [1.54, 1.807) is 22.8 Å². The third-order valence-corrected chi connectivity index (χ3v) is 3.30. The molecule has 1 aromatic heterocycles. The molecular weight excluding hydrogens is 266 g/mol. The van der Waals surface area contributed by atoms with E-state index in [0.717, 1.165) is 17.7 Å². The Morgan fingerprint density at radius 2 is 2.00 bits per heavy atom. The van der Waals surface area contributed by atoms with Crippen molar-refractivity contribution >= 4 is 5.91 Å². The van der Waals surface area contributed by atoms with Gasteiger partial charge < -0.3 is 9.64 Å². The van der Waals surface area contributed by atoms with Crippen LogP contribution >= 0.6 is 0 Å². The monoisotopic (exact) mass is 287 g/mol. The number of nitrogens with zero attached hydrogens (tertiary/aromatic N) is 3. The lowest BCUT2D eigenvalue weighted by Crippen LogP contribution is -2.30. The second-order valence-corrected chi connectivity index (χ2v) is 5.06. The van der Waals surface area contributed by atoms with Crippen LogP contribution in [0.1, 0.15) is 18.1 Å². The number of ether oxygens (including phenoxy) is 1. The fraction of sp³-hybridized carbons (Fsp3) is 0.375. The van der Waals surface area contributed by atoms with E-state index < -0.39 is 0 Å². The van der Waals surface area contributed by atoms with Gasteiger partial charge in [-0.1, -0.05) is 19.1 Å². The summed E-state index contributed by atoms with van der Waals surface area (Å²) >= 11 is 0. The molecule has 2 aromatic rings. The normalized spacial score (nSPS) is 10.4. The lowest BCUT2D eigenvalue weighted by atomic mass is 10.2. The predicted octanol–water partition coefficient (Wildman–Crippen LogP) is 2.02. The second kappa shape index (κ2) is 6.92. The lowest BCUT2D eigenvalue weighted by Gasteiger charge is -2.16. The fourth-order valence-corrected chi connectivity index (χ4v) is 1.99. The number of hydrogen-bond acceptors (Lipinski definition) is 3. The molecule has 0 aliphatic carbocycles. The third kappa shape index (κ3) is 4.34. The van der Waals surface area contributed by atoms with E-state index in [2.05, 4.69) is 12.0 Å². The van der Waals surface area contributed by atoms with Crippen LogP contribution < -0.4 is 4.74 Å². The molecule has 5 heteroatoms. The maximum Gasteiger partial charge on any atom is 0.260 e. The third-order valence-electron chi connectivity index (χ3n) is 3.30. The average molecular weight is 287 g/mol. The van der Waals surface area contributed by atoms with Crippen molar-refractivity contribution in [3.8, 4) is 5.75 Å². The smallest absolute Gasteiger partial charge is 0.260 e. The molecule has 5 nitrogen and oxygen atoms in total. The Labute approximate surface area is 125 Å². The summed E-state index contributed by atoms with van der Waals surface area (Å²) in [5.74, 6) is 0.661. The molecule has 0 saturated heterocycles. The summed E-state index contributed by atoms with van der Waals surface area (Å²) in [7, 11) is 3.62. The van der Waals surface area contributed by atoms with Gasteiger partial charge in [-0.2, -0.15) is 5.10 Å². The number of carbonyl (C=O) groups excluding carboxylic acids is 1. The van der Waals surface area contributed by atoms with Gasteiger partial charge in [0.15, 0.2) is 6.61 Å². The molecule has 1 aromatic carbocycles. The fourth-order valence-electron chi connectivity index (χ4n) is 1.99. The Hall–Kier alpha value is -2.30. The van der Waals surface area contributed by atoms with Crippen molar-refractivity contribution in [3.63, 3.8) is 0 Å². The van der Waals surface area contributed by atoms with Crippen LogP contribution in [0.5, 0.6) is 5.75 Å². The lowest BCUT2D eigenvalue weighted by molar-refractivity contribution is -0.132.